The van der Waals surface area contributed by atoms with E-state index in [4.69, 9.17) is 22.4 Å². The molecule has 0 spiro atoms. The van der Waals surface area contributed by atoms with E-state index < -0.39 is 12.0 Å². The predicted octanol–water partition coefficient (Wildman–Crippen LogP) is 1.74. The van der Waals surface area contributed by atoms with Gasteiger partial charge in [0.1, 0.15) is 6.04 Å². The van der Waals surface area contributed by atoms with Gasteiger partial charge in [0.25, 0.3) is 0 Å². The minimum Gasteiger partial charge on any atom is -0.480 e. The summed E-state index contributed by atoms with van der Waals surface area (Å²) in [7, 11) is 3.79. The van der Waals surface area contributed by atoms with E-state index in [1.54, 1.807) is 12.1 Å². The predicted molar refractivity (Wildman–Crippen MR) is 68.1 cm³/mol. The first-order valence-electron chi connectivity index (χ1n) is 5.32. The van der Waals surface area contributed by atoms with Crippen molar-refractivity contribution in [3.8, 4) is 0 Å². The first-order valence-corrected chi connectivity index (χ1v) is 5.70. The number of halogens is 1. The van der Waals surface area contributed by atoms with Crippen LogP contribution in [0.4, 0.5) is 0 Å². The van der Waals surface area contributed by atoms with Gasteiger partial charge in [0.05, 0.1) is 0 Å². The molecule has 3 N–H and O–H groups in total. The molecular formula is C12H17ClN2O2. The average molecular weight is 257 g/mol. The number of nitrogens with two attached hydrogens (primary N) is 1. The molecule has 0 aliphatic rings. The number of hydrogen-bond donors (Lipinski definition) is 2. The molecule has 0 radical (unpaired) electrons. The van der Waals surface area contributed by atoms with Crippen molar-refractivity contribution >= 4 is 17.6 Å². The Bertz CT molecular complexity index is 379. The zero-order chi connectivity index (χ0) is 13.0. The number of nitrogens with zero attached hydrogens (tertiary/aromatic N) is 1. The van der Waals surface area contributed by atoms with E-state index in [0.717, 1.165) is 5.56 Å². The van der Waals surface area contributed by atoms with Gasteiger partial charge in [0.2, 0.25) is 0 Å². The molecule has 0 aromatic heterocycles. The lowest BCUT2D eigenvalue weighted by Gasteiger charge is -2.26. The van der Waals surface area contributed by atoms with Crippen LogP contribution in [0.3, 0.4) is 0 Å². The Hall–Kier alpha value is -1.10. The Kier molecular flexibility index (Phi) is 4.93. The summed E-state index contributed by atoms with van der Waals surface area (Å²) < 4.78 is 0. The summed E-state index contributed by atoms with van der Waals surface area (Å²) >= 11 is 5.82. The highest BCUT2D eigenvalue weighted by atomic mass is 35.5. The van der Waals surface area contributed by atoms with E-state index in [1.165, 1.54) is 0 Å². The fourth-order valence-corrected chi connectivity index (χ4v) is 1.80. The average Bonchev–Trinajstić information content (AvgIpc) is 2.26. The Morgan fingerprint density at radius 3 is 2.35 bits per heavy atom. The maximum Gasteiger partial charge on any atom is 0.320 e. The summed E-state index contributed by atoms with van der Waals surface area (Å²) in [6.45, 7) is 0. The van der Waals surface area contributed by atoms with Crippen molar-refractivity contribution in [2.75, 3.05) is 14.1 Å². The highest BCUT2D eigenvalue weighted by Gasteiger charge is 2.21. The van der Waals surface area contributed by atoms with Crippen molar-refractivity contribution in [2.45, 2.75) is 18.5 Å². The molecule has 0 saturated carbocycles. The van der Waals surface area contributed by atoms with Gasteiger partial charge in [0, 0.05) is 11.1 Å². The lowest BCUT2D eigenvalue weighted by atomic mass is 9.99. The monoisotopic (exact) mass is 256 g/mol. The molecule has 2 unspecified atom stereocenters. The third-order valence-electron chi connectivity index (χ3n) is 2.67. The van der Waals surface area contributed by atoms with Crippen LogP contribution in [0.25, 0.3) is 0 Å². The van der Waals surface area contributed by atoms with Crippen LogP contribution in [0.2, 0.25) is 5.02 Å². The molecule has 0 heterocycles. The molecule has 1 aromatic rings. The van der Waals surface area contributed by atoms with Crippen LogP contribution >= 0.6 is 11.6 Å². The Morgan fingerprint density at radius 1 is 1.41 bits per heavy atom. The Balaban J connectivity index is 2.86. The summed E-state index contributed by atoms with van der Waals surface area (Å²) in [4.78, 5) is 12.7. The van der Waals surface area contributed by atoms with Crippen LogP contribution in [-0.4, -0.2) is 36.1 Å². The Morgan fingerprint density at radius 2 is 1.94 bits per heavy atom. The maximum atomic E-state index is 10.8. The third-order valence-corrected chi connectivity index (χ3v) is 2.92. The summed E-state index contributed by atoms with van der Waals surface area (Å²) in [6, 6.07) is 6.47. The van der Waals surface area contributed by atoms with Crippen LogP contribution in [-0.2, 0) is 4.79 Å². The van der Waals surface area contributed by atoms with Gasteiger partial charge in [-0.25, -0.2) is 0 Å². The number of carbonyl (C=O) groups is 1. The quantitative estimate of drug-likeness (QED) is 0.842. The largest absolute Gasteiger partial charge is 0.480 e. The molecule has 4 nitrogen and oxygen atoms in total. The van der Waals surface area contributed by atoms with E-state index in [1.807, 2.05) is 31.1 Å². The highest BCUT2D eigenvalue weighted by Crippen LogP contribution is 2.24. The normalized spacial score (nSPS) is 14.6. The van der Waals surface area contributed by atoms with Crippen molar-refractivity contribution in [1.29, 1.82) is 0 Å². The van der Waals surface area contributed by atoms with Gasteiger partial charge >= 0.3 is 5.97 Å². The van der Waals surface area contributed by atoms with Gasteiger partial charge in [0.15, 0.2) is 0 Å². The lowest BCUT2D eigenvalue weighted by molar-refractivity contribution is -0.139. The fraction of sp³-hybridized carbons (Fsp3) is 0.417. The van der Waals surface area contributed by atoms with Crippen LogP contribution in [0, 0.1) is 0 Å². The molecule has 17 heavy (non-hydrogen) atoms. The van der Waals surface area contributed by atoms with E-state index in [0.29, 0.717) is 11.4 Å². The zero-order valence-corrected chi connectivity index (χ0v) is 10.7. The van der Waals surface area contributed by atoms with Gasteiger partial charge < -0.3 is 15.7 Å². The molecule has 1 aromatic carbocycles. The minimum atomic E-state index is -0.981. The van der Waals surface area contributed by atoms with Crippen molar-refractivity contribution in [3.63, 3.8) is 0 Å². The standard InChI is InChI=1S/C12H17ClN2O2/c1-15(2)11(7-10(14)12(16)17)8-3-5-9(13)6-4-8/h3-6,10-11H,7,14H2,1-2H3,(H,16,17). The van der Waals surface area contributed by atoms with E-state index in [-0.39, 0.29) is 6.04 Å². The van der Waals surface area contributed by atoms with Gasteiger partial charge in [-0.2, -0.15) is 0 Å². The second kappa shape index (κ2) is 6.00. The van der Waals surface area contributed by atoms with Crippen LogP contribution in [0.1, 0.15) is 18.0 Å². The molecule has 0 saturated heterocycles. The molecule has 0 fully saturated rings. The molecule has 0 aliphatic heterocycles. The first-order chi connectivity index (χ1) is 7.91. The second-order valence-corrected chi connectivity index (χ2v) is 4.65. The van der Waals surface area contributed by atoms with Gasteiger partial charge in [-0.15, -0.1) is 0 Å². The van der Waals surface area contributed by atoms with E-state index >= 15 is 0 Å². The zero-order valence-electron chi connectivity index (χ0n) is 9.93. The summed E-state index contributed by atoms with van der Waals surface area (Å²) in [6.07, 6.45) is 0.365. The van der Waals surface area contributed by atoms with Gasteiger partial charge in [-0.05, 0) is 38.2 Å². The number of aliphatic carboxylic acids is 1. The van der Waals surface area contributed by atoms with Crippen LogP contribution in [0.15, 0.2) is 24.3 Å². The highest BCUT2D eigenvalue weighted by molar-refractivity contribution is 6.30. The molecule has 0 aliphatic carbocycles. The topological polar surface area (TPSA) is 66.6 Å². The molecule has 94 valence electrons. The SMILES string of the molecule is CN(C)C(CC(N)C(=O)O)c1ccc(Cl)cc1. The van der Waals surface area contributed by atoms with E-state index in [2.05, 4.69) is 0 Å². The molecule has 2 atom stereocenters. The molecule has 0 amide bonds. The van der Waals surface area contributed by atoms with Crippen molar-refractivity contribution in [2.24, 2.45) is 5.73 Å². The van der Waals surface area contributed by atoms with Gasteiger partial charge in [-0.1, -0.05) is 23.7 Å². The van der Waals surface area contributed by atoms with Gasteiger partial charge in [-0.3, -0.25) is 4.79 Å². The molecule has 0 bridgehead atoms. The van der Waals surface area contributed by atoms with Crippen molar-refractivity contribution in [1.82, 2.24) is 4.90 Å². The number of rotatable bonds is 5. The number of benzene rings is 1. The number of hydrogen-bond acceptors (Lipinski definition) is 3. The molecule has 5 heteroatoms. The smallest absolute Gasteiger partial charge is 0.320 e. The van der Waals surface area contributed by atoms with E-state index in [9.17, 15) is 4.79 Å². The maximum absolute atomic E-state index is 10.8. The summed E-state index contributed by atoms with van der Waals surface area (Å²) in [5.74, 6) is -0.981. The number of carboxylic acid groups (broad SMARTS) is 1. The molecular weight excluding hydrogens is 240 g/mol. The fourth-order valence-electron chi connectivity index (χ4n) is 1.67. The lowest BCUT2D eigenvalue weighted by Crippen LogP contribution is -2.35. The summed E-state index contributed by atoms with van der Waals surface area (Å²) in [5, 5.41) is 9.50. The van der Waals surface area contributed by atoms with Crippen molar-refractivity contribution < 1.29 is 9.90 Å². The summed E-state index contributed by atoms with van der Waals surface area (Å²) in [5.41, 5.74) is 6.58. The number of carboxylic acids is 1. The van der Waals surface area contributed by atoms with Crippen LogP contribution < -0.4 is 5.73 Å². The minimum absolute atomic E-state index is 0.0293. The second-order valence-electron chi connectivity index (χ2n) is 4.21. The first kappa shape index (κ1) is 14.0. The molecule has 1 rings (SSSR count). The van der Waals surface area contributed by atoms with Crippen molar-refractivity contribution in [3.05, 3.63) is 34.9 Å². The Labute approximate surface area is 106 Å². The van der Waals surface area contributed by atoms with Crippen LogP contribution in [0.5, 0.6) is 0 Å². The third kappa shape index (κ3) is 4.00.